The first-order valence-electron chi connectivity index (χ1n) is 8.65. The highest BCUT2D eigenvalue weighted by atomic mass is 35.5. The normalized spacial score (nSPS) is 16.7. The average Bonchev–Trinajstić information content (AvgIpc) is 3.38. The van der Waals surface area contributed by atoms with Gasteiger partial charge in [0.1, 0.15) is 17.6 Å². The highest BCUT2D eigenvalue weighted by molar-refractivity contribution is 6.34. The van der Waals surface area contributed by atoms with Gasteiger partial charge in [0.15, 0.2) is 0 Å². The minimum absolute atomic E-state index is 0.236. The van der Waals surface area contributed by atoms with E-state index in [9.17, 15) is 9.59 Å². The third-order valence-electron chi connectivity index (χ3n) is 4.21. The minimum atomic E-state index is -0.836. The van der Waals surface area contributed by atoms with Crippen LogP contribution < -0.4 is 15.4 Å². The molecule has 0 fully saturated rings. The molecule has 1 aliphatic rings. The Morgan fingerprint density at radius 2 is 2.21 bits per heavy atom. The van der Waals surface area contributed by atoms with Crippen molar-refractivity contribution in [2.24, 2.45) is 5.16 Å². The SMILES string of the molecule is COc1ccc(Cl)c(C2=NO[C@@H](C(=O)N[C@@H](C)C(=O)NCc3ccco3)C2)c1. The number of ether oxygens (including phenoxy) is 1. The molecule has 2 atom stereocenters. The molecule has 148 valence electrons. The molecule has 8 nitrogen and oxygen atoms in total. The van der Waals surface area contributed by atoms with Crippen LogP contribution in [-0.4, -0.2) is 36.8 Å². The number of carbonyl (C=O) groups is 2. The number of oxime groups is 1. The van der Waals surface area contributed by atoms with Gasteiger partial charge < -0.3 is 24.6 Å². The van der Waals surface area contributed by atoms with Crippen molar-refractivity contribution in [3.05, 3.63) is 52.9 Å². The molecule has 28 heavy (non-hydrogen) atoms. The Bertz CT molecular complexity index is 882. The number of nitrogens with zero attached hydrogens (tertiary/aromatic N) is 1. The Balaban J connectivity index is 1.53. The summed E-state index contributed by atoms with van der Waals surface area (Å²) in [4.78, 5) is 29.8. The van der Waals surface area contributed by atoms with Crippen LogP contribution in [0.2, 0.25) is 5.02 Å². The van der Waals surface area contributed by atoms with E-state index in [0.717, 1.165) is 0 Å². The van der Waals surface area contributed by atoms with Crippen molar-refractivity contribution >= 4 is 29.1 Å². The van der Waals surface area contributed by atoms with Crippen molar-refractivity contribution in [2.45, 2.75) is 32.0 Å². The predicted molar refractivity (Wildman–Crippen MR) is 102 cm³/mol. The zero-order valence-electron chi connectivity index (χ0n) is 15.4. The van der Waals surface area contributed by atoms with Crippen molar-refractivity contribution < 1.29 is 23.6 Å². The monoisotopic (exact) mass is 405 g/mol. The van der Waals surface area contributed by atoms with Crippen LogP contribution in [0.3, 0.4) is 0 Å². The molecular formula is C19H20ClN3O5. The van der Waals surface area contributed by atoms with Gasteiger partial charge in [0, 0.05) is 12.0 Å². The fraction of sp³-hybridized carbons (Fsp3) is 0.316. The van der Waals surface area contributed by atoms with Crippen LogP contribution in [0.15, 0.2) is 46.2 Å². The van der Waals surface area contributed by atoms with E-state index in [2.05, 4.69) is 15.8 Å². The first-order chi connectivity index (χ1) is 13.5. The molecule has 9 heteroatoms. The van der Waals surface area contributed by atoms with Gasteiger partial charge in [-0.15, -0.1) is 0 Å². The second-order valence-corrected chi connectivity index (χ2v) is 6.62. The van der Waals surface area contributed by atoms with Crippen LogP contribution in [0.25, 0.3) is 0 Å². The molecule has 0 saturated carbocycles. The van der Waals surface area contributed by atoms with Gasteiger partial charge in [-0.2, -0.15) is 0 Å². The van der Waals surface area contributed by atoms with Crippen LogP contribution in [0, 0.1) is 0 Å². The fourth-order valence-electron chi connectivity index (χ4n) is 2.64. The lowest BCUT2D eigenvalue weighted by Gasteiger charge is -2.15. The summed E-state index contributed by atoms with van der Waals surface area (Å²) in [5.41, 5.74) is 1.18. The number of nitrogens with one attached hydrogen (secondary N) is 2. The molecule has 2 heterocycles. The Kier molecular flexibility index (Phi) is 6.20. The summed E-state index contributed by atoms with van der Waals surface area (Å²) in [5, 5.41) is 9.76. The van der Waals surface area contributed by atoms with E-state index in [4.69, 9.17) is 25.6 Å². The Hall–Kier alpha value is -3.00. The fourth-order valence-corrected chi connectivity index (χ4v) is 2.87. The summed E-state index contributed by atoms with van der Waals surface area (Å²) in [7, 11) is 1.55. The first-order valence-corrected chi connectivity index (χ1v) is 9.02. The van der Waals surface area contributed by atoms with Crippen LogP contribution in [0.1, 0.15) is 24.7 Å². The van der Waals surface area contributed by atoms with Gasteiger partial charge in [0.25, 0.3) is 5.91 Å². The van der Waals surface area contributed by atoms with Gasteiger partial charge in [-0.05, 0) is 37.3 Å². The van der Waals surface area contributed by atoms with Crippen LogP contribution >= 0.6 is 11.6 Å². The molecule has 2 amide bonds. The van der Waals surface area contributed by atoms with Gasteiger partial charge in [0.05, 0.1) is 30.7 Å². The highest BCUT2D eigenvalue weighted by Crippen LogP contribution is 2.27. The van der Waals surface area contributed by atoms with Crippen molar-refractivity contribution in [3.63, 3.8) is 0 Å². The smallest absolute Gasteiger partial charge is 0.264 e. The van der Waals surface area contributed by atoms with E-state index in [1.54, 1.807) is 44.4 Å². The molecule has 0 unspecified atom stereocenters. The van der Waals surface area contributed by atoms with Gasteiger partial charge in [-0.3, -0.25) is 9.59 Å². The maximum atomic E-state index is 12.4. The number of hydrogen-bond acceptors (Lipinski definition) is 6. The molecule has 0 radical (unpaired) electrons. The topological polar surface area (TPSA) is 102 Å². The zero-order valence-corrected chi connectivity index (χ0v) is 16.2. The van der Waals surface area contributed by atoms with E-state index >= 15 is 0 Å². The largest absolute Gasteiger partial charge is 0.497 e. The lowest BCUT2D eigenvalue weighted by molar-refractivity contribution is -0.135. The predicted octanol–water partition coefficient (Wildman–Crippen LogP) is 2.26. The molecule has 1 aromatic carbocycles. The number of furan rings is 1. The summed E-state index contributed by atoms with van der Waals surface area (Å²) in [6.07, 6.45) is 0.924. The van der Waals surface area contributed by atoms with Gasteiger partial charge in [-0.1, -0.05) is 16.8 Å². The first kappa shape index (κ1) is 19.8. The summed E-state index contributed by atoms with van der Waals surface area (Å²) in [6.45, 7) is 1.83. The molecule has 0 spiro atoms. The number of hydrogen-bond donors (Lipinski definition) is 2. The van der Waals surface area contributed by atoms with Crippen molar-refractivity contribution in [2.75, 3.05) is 7.11 Å². The summed E-state index contributed by atoms with van der Waals surface area (Å²) < 4.78 is 10.3. The third kappa shape index (κ3) is 4.64. The molecule has 2 N–H and O–H groups in total. The Morgan fingerprint density at radius 1 is 1.39 bits per heavy atom. The Morgan fingerprint density at radius 3 is 2.93 bits per heavy atom. The van der Waals surface area contributed by atoms with Gasteiger partial charge in [-0.25, -0.2) is 0 Å². The third-order valence-corrected chi connectivity index (χ3v) is 4.54. The van der Waals surface area contributed by atoms with Crippen LogP contribution in [0.5, 0.6) is 5.75 Å². The standard InChI is InChI=1S/C19H20ClN3O5/c1-11(18(24)21-10-13-4-3-7-27-13)22-19(25)17-9-16(23-28-17)14-8-12(26-2)5-6-15(14)20/h3-8,11,17H,9-10H2,1-2H3,(H,21,24)(H,22,25)/t11-,17+/m0/s1. The molecule has 0 saturated heterocycles. The van der Waals surface area contributed by atoms with Gasteiger partial charge in [0.2, 0.25) is 12.0 Å². The van der Waals surface area contributed by atoms with Gasteiger partial charge >= 0.3 is 0 Å². The molecule has 3 rings (SSSR count). The number of rotatable bonds is 7. The van der Waals surface area contributed by atoms with E-state index in [0.29, 0.717) is 27.8 Å². The number of methoxy groups -OCH3 is 1. The zero-order chi connectivity index (χ0) is 20.1. The van der Waals surface area contributed by atoms with E-state index < -0.39 is 18.1 Å². The number of amides is 2. The van der Waals surface area contributed by atoms with E-state index in [1.165, 1.54) is 6.26 Å². The number of benzene rings is 1. The Labute approximate surface area is 166 Å². The molecule has 0 aliphatic carbocycles. The maximum absolute atomic E-state index is 12.4. The number of carbonyl (C=O) groups excluding carboxylic acids is 2. The van der Waals surface area contributed by atoms with E-state index in [1.807, 2.05) is 0 Å². The molecule has 1 aromatic heterocycles. The summed E-state index contributed by atoms with van der Waals surface area (Å²) in [6, 6.07) is 7.90. The minimum Gasteiger partial charge on any atom is -0.497 e. The van der Waals surface area contributed by atoms with Crippen LogP contribution in [0.4, 0.5) is 0 Å². The van der Waals surface area contributed by atoms with Crippen molar-refractivity contribution in [1.29, 1.82) is 0 Å². The highest BCUT2D eigenvalue weighted by Gasteiger charge is 2.31. The second-order valence-electron chi connectivity index (χ2n) is 6.21. The molecule has 2 aromatic rings. The van der Waals surface area contributed by atoms with Crippen LogP contribution in [-0.2, 0) is 21.0 Å². The van der Waals surface area contributed by atoms with Crippen molar-refractivity contribution in [3.8, 4) is 5.75 Å². The lowest BCUT2D eigenvalue weighted by atomic mass is 10.0. The maximum Gasteiger partial charge on any atom is 0.264 e. The summed E-state index contributed by atoms with van der Waals surface area (Å²) >= 11 is 6.21. The second kappa shape index (κ2) is 8.79. The molecule has 1 aliphatic heterocycles. The molecule has 0 bridgehead atoms. The average molecular weight is 406 g/mol. The van der Waals surface area contributed by atoms with E-state index in [-0.39, 0.29) is 18.9 Å². The quantitative estimate of drug-likeness (QED) is 0.735. The molecular weight excluding hydrogens is 386 g/mol. The van der Waals surface area contributed by atoms with Crippen molar-refractivity contribution in [1.82, 2.24) is 10.6 Å². The number of halogens is 1. The lowest BCUT2D eigenvalue weighted by Crippen LogP contribution is -2.47. The summed E-state index contributed by atoms with van der Waals surface area (Å²) in [5.74, 6) is 0.481.